The van der Waals surface area contributed by atoms with E-state index >= 15 is 0 Å². The number of alkyl halides is 3. The van der Waals surface area contributed by atoms with Crippen LogP contribution in [0.25, 0.3) is 0 Å². The molecule has 0 saturated carbocycles. The van der Waals surface area contributed by atoms with E-state index in [0.717, 1.165) is 6.07 Å². The lowest BCUT2D eigenvalue weighted by Gasteiger charge is -2.38. The fourth-order valence-electron chi connectivity index (χ4n) is 2.95. The van der Waals surface area contributed by atoms with Crippen molar-refractivity contribution >= 4 is 6.09 Å². The molecule has 1 fully saturated rings. The summed E-state index contributed by atoms with van der Waals surface area (Å²) >= 11 is 0. The van der Waals surface area contributed by atoms with Gasteiger partial charge in [-0.2, -0.15) is 13.2 Å². The number of ether oxygens (including phenoxy) is 1. The molecule has 1 aromatic rings. The Labute approximate surface area is 139 Å². The van der Waals surface area contributed by atoms with Gasteiger partial charge in [-0.15, -0.1) is 0 Å². The zero-order valence-electron chi connectivity index (χ0n) is 14.1. The minimum Gasteiger partial charge on any atom is -0.444 e. The van der Waals surface area contributed by atoms with Gasteiger partial charge in [0.05, 0.1) is 5.56 Å². The number of carbonyl (C=O) groups is 1. The van der Waals surface area contributed by atoms with Crippen molar-refractivity contribution in [2.45, 2.75) is 50.9 Å². The van der Waals surface area contributed by atoms with Gasteiger partial charge in [-0.25, -0.2) is 4.79 Å². The summed E-state index contributed by atoms with van der Waals surface area (Å²) in [4.78, 5) is 13.6. The van der Waals surface area contributed by atoms with Gasteiger partial charge in [-0.1, -0.05) is 18.2 Å². The second-order valence-electron chi connectivity index (χ2n) is 7.16. The number of hydrogen-bond donors (Lipinski definition) is 1. The highest BCUT2D eigenvalue weighted by molar-refractivity contribution is 5.68. The number of nitrogens with two attached hydrogens (primary N) is 1. The van der Waals surface area contributed by atoms with Gasteiger partial charge < -0.3 is 15.4 Å². The second-order valence-corrected chi connectivity index (χ2v) is 7.16. The van der Waals surface area contributed by atoms with Gasteiger partial charge in [0.1, 0.15) is 5.60 Å². The van der Waals surface area contributed by atoms with Gasteiger partial charge in [0, 0.05) is 25.0 Å². The SMILES string of the molecule is CC(C)(C)OC(=O)N1C[C@@H](N)C[C@@H](c2ccccc2C(F)(F)F)C1. The van der Waals surface area contributed by atoms with Crippen molar-refractivity contribution in [3.63, 3.8) is 0 Å². The number of halogens is 3. The minimum atomic E-state index is -4.44. The van der Waals surface area contributed by atoms with E-state index in [-0.39, 0.29) is 18.7 Å². The summed E-state index contributed by atoms with van der Waals surface area (Å²) in [5.41, 5.74) is 4.82. The average Bonchev–Trinajstić information content (AvgIpc) is 2.44. The normalized spacial score (nSPS) is 22.4. The lowest BCUT2D eigenvalue weighted by molar-refractivity contribution is -0.138. The number of piperidine rings is 1. The van der Waals surface area contributed by atoms with Crippen molar-refractivity contribution in [2.24, 2.45) is 5.73 Å². The Bertz CT molecular complexity index is 596. The van der Waals surface area contributed by atoms with Crippen molar-refractivity contribution in [2.75, 3.05) is 13.1 Å². The second kappa shape index (κ2) is 6.63. The molecule has 1 amide bonds. The van der Waals surface area contributed by atoms with Crippen molar-refractivity contribution in [3.05, 3.63) is 35.4 Å². The van der Waals surface area contributed by atoms with E-state index in [1.54, 1.807) is 26.8 Å². The zero-order chi connectivity index (χ0) is 18.1. The summed E-state index contributed by atoms with van der Waals surface area (Å²) in [5, 5.41) is 0. The lowest BCUT2D eigenvalue weighted by Crippen LogP contribution is -2.50. The first kappa shape index (κ1) is 18.6. The molecule has 1 aromatic carbocycles. The van der Waals surface area contributed by atoms with Crippen molar-refractivity contribution in [1.29, 1.82) is 0 Å². The fourth-order valence-corrected chi connectivity index (χ4v) is 2.95. The molecule has 0 spiro atoms. The molecule has 0 bridgehead atoms. The maximum absolute atomic E-state index is 13.2. The van der Waals surface area contributed by atoms with Gasteiger partial charge in [0.15, 0.2) is 0 Å². The molecular formula is C17H23F3N2O2. The average molecular weight is 344 g/mol. The molecule has 2 N–H and O–H groups in total. The van der Waals surface area contributed by atoms with Crippen LogP contribution >= 0.6 is 0 Å². The Hall–Kier alpha value is -1.76. The first-order valence-corrected chi connectivity index (χ1v) is 7.87. The van der Waals surface area contributed by atoms with Crippen LogP contribution in [0.2, 0.25) is 0 Å². The van der Waals surface area contributed by atoms with Gasteiger partial charge in [0.25, 0.3) is 0 Å². The third-order valence-corrected chi connectivity index (χ3v) is 3.84. The summed E-state index contributed by atoms with van der Waals surface area (Å²) in [5.74, 6) is -0.473. The standard InChI is InChI=1S/C17H23F3N2O2/c1-16(2,3)24-15(23)22-9-11(8-12(21)10-22)13-6-4-5-7-14(13)17(18,19)20/h4-7,11-12H,8-10,21H2,1-3H3/t11-,12+/m1/s1. The topological polar surface area (TPSA) is 55.6 Å². The molecule has 4 nitrogen and oxygen atoms in total. The van der Waals surface area contributed by atoms with Crippen molar-refractivity contribution < 1.29 is 22.7 Å². The van der Waals surface area contributed by atoms with Crippen LogP contribution in [0.3, 0.4) is 0 Å². The predicted octanol–water partition coefficient (Wildman–Crippen LogP) is 3.76. The summed E-state index contributed by atoms with van der Waals surface area (Å²) in [6.45, 7) is 5.66. The van der Waals surface area contributed by atoms with E-state index in [2.05, 4.69) is 0 Å². The number of amides is 1. The molecule has 1 heterocycles. The number of benzene rings is 1. The molecule has 1 aliphatic rings. The van der Waals surface area contributed by atoms with E-state index in [1.807, 2.05) is 0 Å². The number of nitrogens with zero attached hydrogens (tertiary/aromatic N) is 1. The van der Waals surface area contributed by atoms with Crippen molar-refractivity contribution in [3.8, 4) is 0 Å². The highest BCUT2D eigenvalue weighted by Crippen LogP contribution is 2.38. The maximum Gasteiger partial charge on any atom is 0.416 e. The molecule has 7 heteroatoms. The van der Waals surface area contributed by atoms with Crippen molar-refractivity contribution in [1.82, 2.24) is 4.90 Å². The van der Waals surface area contributed by atoms with Gasteiger partial charge in [0.2, 0.25) is 0 Å². The third kappa shape index (κ3) is 4.63. The van der Waals surface area contributed by atoms with Crippen LogP contribution in [-0.4, -0.2) is 35.7 Å². The van der Waals surface area contributed by atoms with Crippen LogP contribution in [0.1, 0.15) is 44.2 Å². The van der Waals surface area contributed by atoms with Crippen LogP contribution in [0, 0.1) is 0 Å². The number of carbonyl (C=O) groups excluding carboxylic acids is 1. The van der Waals surface area contributed by atoms with E-state index in [4.69, 9.17) is 10.5 Å². The van der Waals surface area contributed by atoms with Crippen LogP contribution in [0.5, 0.6) is 0 Å². The maximum atomic E-state index is 13.2. The van der Waals surface area contributed by atoms with Crippen LogP contribution in [0.15, 0.2) is 24.3 Å². The van der Waals surface area contributed by atoms with E-state index in [9.17, 15) is 18.0 Å². The highest BCUT2D eigenvalue weighted by atomic mass is 19.4. The summed E-state index contributed by atoms with van der Waals surface area (Å²) in [7, 11) is 0. The number of hydrogen-bond acceptors (Lipinski definition) is 3. The first-order chi connectivity index (χ1) is 11.0. The monoisotopic (exact) mass is 344 g/mol. The molecule has 0 radical (unpaired) electrons. The quantitative estimate of drug-likeness (QED) is 0.844. The Balaban J connectivity index is 2.25. The lowest BCUT2D eigenvalue weighted by atomic mass is 9.85. The smallest absolute Gasteiger partial charge is 0.416 e. The summed E-state index contributed by atoms with van der Waals surface area (Å²) in [6.07, 6.45) is -4.59. The molecule has 0 aromatic heterocycles. The molecule has 1 aliphatic heterocycles. The molecule has 0 unspecified atom stereocenters. The predicted molar refractivity (Wildman–Crippen MR) is 84.6 cm³/mol. The van der Waals surface area contributed by atoms with E-state index < -0.39 is 35.4 Å². The highest BCUT2D eigenvalue weighted by Gasteiger charge is 2.38. The number of likely N-dealkylation sites (tertiary alicyclic amines) is 1. The van der Waals surface area contributed by atoms with E-state index in [0.29, 0.717) is 6.42 Å². The Morgan fingerprint density at radius 1 is 1.21 bits per heavy atom. The van der Waals surface area contributed by atoms with Crippen LogP contribution in [-0.2, 0) is 10.9 Å². The molecule has 2 rings (SSSR count). The minimum absolute atomic E-state index is 0.162. The molecule has 134 valence electrons. The summed E-state index contributed by atoms with van der Waals surface area (Å²) in [6, 6.07) is 5.06. The van der Waals surface area contributed by atoms with Gasteiger partial charge in [-0.3, -0.25) is 0 Å². The molecule has 2 atom stereocenters. The first-order valence-electron chi connectivity index (χ1n) is 7.87. The molecule has 1 saturated heterocycles. The van der Waals surface area contributed by atoms with E-state index in [1.165, 1.54) is 17.0 Å². The van der Waals surface area contributed by atoms with Crippen LogP contribution < -0.4 is 5.73 Å². The fraction of sp³-hybridized carbons (Fsp3) is 0.588. The van der Waals surface area contributed by atoms with Gasteiger partial charge >= 0.3 is 12.3 Å². The number of rotatable bonds is 1. The molecular weight excluding hydrogens is 321 g/mol. The largest absolute Gasteiger partial charge is 0.444 e. The molecule has 0 aliphatic carbocycles. The third-order valence-electron chi connectivity index (χ3n) is 3.84. The summed E-state index contributed by atoms with van der Waals surface area (Å²) < 4.78 is 45.0. The van der Waals surface area contributed by atoms with Crippen LogP contribution in [0.4, 0.5) is 18.0 Å². The Kier molecular flexibility index (Phi) is 5.13. The zero-order valence-corrected chi connectivity index (χ0v) is 14.1. The van der Waals surface area contributed by atoms with Gasteiger partial charge in [-0.05, 0) is 38.8 Å². The Morgan fingerprint density at radius 3 is 2.42 bits per heavy atom. The Morgan fingerprint density at radius 2 is 1.83 bits per heavy atom. The molecule has 24 heavy (non-hydrogen) atoms.